The monoisotopic (exact) mass is 364 g/mol. The number of benzene rings is 3. The minimum Gasteiger partial charge on any atom is -0.507 e. The van der Waals surface area contributed by atoms with Gasteiger partial charge in [-0.15, -0.1) is 0 Å². The van der Waals surface area contributed by atoms with Crippen molar-refractivity contribution in [1.82, 2.24) is 5.32 Å². The van der Waals surface area contributed by atoms with Gasteiger partial charge in [-0.2, -0.15) is 0 Å². The van der Waals surface area contributed by atoms with E-state index in [1.54, 1.807) is 31.2 Å². The molecular weight excluding hydrogens is 340 g/mol. The first kappa shape index (κ1) is 18.6. The van der Waals surface area contributed by atoms with Crippen molar-refractivity contribution in [2.24, 2.45) is 0 Å². The standard InChI is InChI=1S/C22H24N2O3/c1-14(2)16-8-4-5-13-21(16)27-15(3)23-22(26)24-19-11-6-10-18-17(19)9-7-12-20(18)25/h4-15,25H,1-3H3,(H2,23,24,26). The molecule has 3 aromatic rings. The zero-order valence-electron chi connectivity index (χ0n) is 15.7. The van der Waals surface area contributed by atoms with E-state index in [0.29, 0.717) is 17.0 Å². The number of carbonyl (C=O) groups is 1. The molecular formula is C22H24N2O3. The first-order valence-corrected chi connectivity index (χ1v) is 8.99. The minimum absolute atomic E-state index is 0.179. The van der Waals surface area contributed by atoms with Crippen LogP contribution in [0.15, 0.2) is 60.7 Å². The highest BCUT2D eigenvalue weighted by Crippen LogP contribution is 2.30. The molecule has 140 valence electrons. The van der Waals surface area contributed by atoms with Gasteiger partial charge in [0.1, 0.15) is 11.5 Å². The third-order valence-electron chi connectivity index (χ3n) is 4.33. The van der Waals surface area contributed by atoms with E-state index in [4.69, 9.17) is 4.74 Å². The maximum Gasteiger partial charge on any atom is 0.322 e. The summed E-state index contributed by atoms with van der Waals surface area (Å²) in [5.74, 6) is 1.26. The summed E-state index contributed by atoms with van der Waals surface area (Å²) < 4.78 is 5.91. The largest absolute Gasteiger partial charge is 0.507 e. The quantitative estimate of drug-likeness (QED) is 0.544. The Morgan fingerprint density at radius 1 is 0.926 bits per heavy atom. The van der Waals surface area contributed by atoms with E-state index in [-0.39, 0.29) is 11.8 Å². The molecule has 0 heterocycles. The Kier molecular flexibility index (Phi) is 5.50. The molecule has 3 aromatic carbocycles. The third-order valence-corrected chi connectivity index (χ3v) is 4.33. The van der Waals surface area contributed by atoms with E-state index in [0.717, 1.165) is 16.7 Å². The van der Waals surface area contributed by atoms with Crippen molar-refractivity contribution in [3.63, 3.8) is 0 Å². The van der Waals surface area contributed by atoms with E-state index in [2.05, 4.69) is 24.5 Å². The summed E-state index contributed by atoms with van der Waals surface area (Å²) in [7, 11) is 0. The number of nitrogens with one attached hydrogen (secondary N) is 2. The molecule has 0 aliphatic heterocycles. The van der Waals surface area contributed by atoms with Gasteiger partial charge in [-0.3, -0.25) is 0 Å². The van der Waals surface area contributed by atoms with Crippen LogP contribution in [0.25, 0.3) is 10.8 Å². The summed E-state index contributed by atoms with van der Waals surface area (Å²) in [5, 5.41) is 17.0. The van der Waals surface area contributed by atoms with Crippen molar-refractivity contribution in [1.29, 1.82) is 0 Å². The molecule has 0 fully saturated rings. The Morgan fingerprint density at radius 2 is 1.63 bits per heavy atom. The van der Waals surface area contributed by atoms with Crippen LogP contribution in [0.5, 0.6) is 11.5 Å². The van der Waals surface area contributed by atoms with Gasteiger partial charge >= 0.3 is 6.03 Å². The summed E-state index contributed by atoms with van der Waals surface area (Å²) in [4.78, 5) is 12.4. The molecule has 5 heteroatoms. The Hall–Kier alpha value is -3.21. The second-order valence-corrected chi connectivity index (χ2v) is 6.73. The molecule has 1 atom stereocenters. The smallest absolute Gasteiger partial charge is 0.322 e. The maximum absolute atomic E-state index is 12.4. The van der Waals surface area contributed by atoms with Gasteiger partial charge in [0.25, 0.3) is 0 Å². The number of fused-ring (bicyclic) bond motifs is 1. The Labute approximate surface area is 159 Å². The van der Waals surface area contributed by atoms with Gasteiger partial charge in [-0.25, -0.2) is 4.79 Å². The number of ether oxygens (including phenoxy) is 1. The Morgan fingerprint density at radius 3 is 2.41 bits per heavy atom. The number of rotatable bonds is 5. The lowest BCUT2D eigenvalue weighted by atomic mass is 10.0. The molecule has 0 aliphatic rings. The molecule has 0 saturated heterocycles. The van der Waals surface area contributed by atoms with E-state index < -0.39 is 6.23 Å². The first-order chi connectivity index (χ1) is 13.0. The van der Waals surface area contributed by atoms with Crippen LogP contribution < -0.4 is 15.4 Å². The van der Waals surface area contributed by atoms with Gasteiger partial charge in [0.2, 0.25) is 0 Å². The number of phenolic OH excluding ortho intramolecular Hbond substituents is 1. The lowest BCUT2D eigenvalue weighted by Crippen LogP contribution is -2.39. The van der Waals surface area contributed by atoms with Crippen molar-refractivity contribution >= 4 is 22.5 Å². The number of phenols is 1. The highest BCUT2D eigenvalue weighted by atomic mass is 16.5. The van der Waals surface area contributed by atoms with E-state index in [1.807, 2.05) is 36.4 Å². The van der Waals surface area contributed by atoms with Crippen molar-refractivity contribution in [2.75, 3.05) is 5.32 Å². The molecule has 0 radical (unpaired) electrons. The van der Waals surface area contributed by atoms with Gasteiger partial charge in [0.05, 0.1) is 5.69 Å². The summed E-state index contributed by atoms with van der Waals surface area (Å²) in [5.41, 5.74) is 1.71. The fraction of sp³-hybridized carbons (Fsp3) is 0.227. The third kappa shape index (κ3) is 4.31. The molecule has 0 saturated carbocycles. The number of aromatic hydroxyl groups is 1. The lowest BCUT2D eigenvalue weighted by Gasteiger charge is -2.20. The zero-order chi connectivity index (χ0) is 19.4. The molecule has 5 nitrogen and oxygen atoms in total. The van der Waals surface area contributed by atoms with Gasteiger partial charge < -0.3 is 20.5 Å². The Bertz CT molecular complexity index is 953. The SMILES string of the molecule is CC(NC(=O)Nc1cccc2c(O)cccc12)Oc1ccccc1C(C)C. The maximum atomic E-state index is 12.4. The average Bonchev–Trinajstić information content (AvgIpc) is 2.62. The highest BCUT2D eigenvalue weighted by molar-refractivity contribution is 6.03. The Balaban J connectivity index is 1.69. The number of hydrogen-bond donors (Lipinski definition) is 3. The van der Waals surface area contributed by atoms with E-state index in [1.165, 1.54) is 0 Å². The van der Waals surface area contributed by atoms with Crippen LogP contribution in [0.1, 0.15) is 32.3 Å². The molecule has 0 spiro atoms. The van der Waals surface area contributed by atoms with Crippen LogP contribution in [0.3, 0.4) is 0 Å². The fourth-order valence-electron chi connectivity index (χ4n) is 3.03. The summed E-state index contributed by atoms with van der Waals surface area (Å²) in [6.45, 7) is 5.98. The molecule has 3 N–H and O–H groups in total. The normalized spacial score (nSPS) is 12.0. The predicted molar refractivity (Wildman–Crippen MR) is 108 cm³/mol. The van der Waals surface area contributed by atoms with Crippen LogP contribution in [-0.4, -0.2) is 17.4 Å². The van der Waals surface area contributed by atoms with Crippen LogP contribution in [-0.2, 0) is 0 Å². The van der Waals surface area contributed by atoms with Crippen LogP contribution >= 0.6 is 0 Å². The van der Waals surface area contributed by atoms with Gasteiger partial charge in [-0.05, 0) is 36.6 Å². The van der Waals surface area contributed by atoms with Crippen LogP contribution in [0, 0.1) is 0 Å². The van der Waals surface area contributed by atoms with Gasteiger partial charge in [0.15, 0.2) is 6.23 Å². The summed E-state index contributed by atoms with van der Waals surface area (Å²) in [6, 6.07) is 18.0. The van der Waals surface area contributed by atoms with Crippen LogP contribution in [0.4, 0.5) is 10.5 Å². The van der Waals surface area contributed by atoms with E-state index in [9.17, 15) is 9.90 Å². The molecule has 2 amide bonds. The van der Waals surface area contributed by atoms with E-state index >= 15 is 0 Å². The number of hydrogen-bond acceptors (Lipinski definition) is 3. The van der Waals surface area contributed by atoms with Crippen molar-refractivity contribution < 1.29 is 14.6 Å². The fourth-order valence-corrected chi connectivity index (χ4v) is 3.03. The average molecular weight is 364 g/mol. The topological polar surface area (TPSA) is 70.6 Å². The summed E-state index contributed by atoms with van der Waals surface area (Å²) in [6.07, 6.45) is -0.506. The number of urea groups is 1. The van der Waals surface area contributed by atoms with Crippen molar-refractivity contribution in [3.8, 4) is 11.5 Å². The van der Waals surface area contributed by atoms with Crippen molar-refractivity contribution in [2.45, 2.75) is 32.9 Å². The highest BCUT2D eigenvalue weighted by Gasteiger charge is 2.13. The molecule has 0 aliphatic carbocycles. The predicted octanol–water partition coefficient (Wildman–Crippen LogP) is 5.22. The van der Waals surface area contributed by atoms with Gasteiger partial charge in [-0.1, -0.05) is 56.3 Å². The molecule has 27 heavy (non-hydrogen) atoms. The number of carbonyl (C=O) groups excluding carboxylic acids is 1. The second kappa shape index (κ2) is 7.99. The molecule has 0 bridgehead atoms. The number of anilines is 1. The lowest BCUT2D eigenvalue weighted by molar-refractivity contribution is 0.181. The molecule has 3 rings (SSSR count). The molecule has 1 unspecified atom stereocenters. The minimum atomic E-state index is -0.506. The number of amides is 2. The van der Waals surface area contributed by atoms with Gasteiger partial charge in [0, 0.05) is 10.8 Å². The summed E-state index contributed by atoms with van der Waals surface area (Å²) >= 11 is 0. The van der Waals surface area contributed by atoms with Crippen LogP contribution in [0.2, 0.25) is 0 Å². The zero-order valence-corrected chi connectivity index (χ0v) is 15.7. The second-order valence-electron chi connectivity index (χ2n) is 6.73. The number of para-hydroxylation sites is 1. The molecule has 0 aromatic heterocycles. The first-order valence-electron chi connectivity index (χ1n) is 8.99. The van der Waals surface area contributed by atoms with Crippen molar-refractivity contribution in [3.05, 3.63) is 66.2 Å².